The molecule has 0 aromatic rings. The van der Waals surface area contributed by atoms with Crippen LogP contribution in [-0.2, 0) is 19.1 Å². The van der Waals surface area contributed by atoms with Gasteiger partial charge in [-0.3, -0.25) is 14.4 Å². The van der Waals surface area contributed by atoms with Crippen molar-refractivity contribution in [2.24, 2.45) is 56.7 Å². The number of carboxylic acids is 1. The summed E-state index contributed by atoms with van der Waals surface area (Å²) in [7, 11) is 0. The standard InChI is InChI=1S/C34H52O5/c1-9-10-26(36)39-25-13-15-31(5)24(34(25,8)29(37)38)12-16-33(7)28(31)23(35)19-22-27-21(3)20(2)11-14-30(27,4)17-18-32(22,33)6/h19-21,24-25,27-28H,9-18H2,1-8H3,(H,37,38)/t20-,21+,24-,25+,27+,28-,30-,31+,32-,33-,34-/m1/s1. The Balaban J connectivity index is 1.58. The average molecular weight is 541 g/mol. The van der Waals surface area contributed by atoms with Crippen LogP contribution in [0.5, 0.6) is 0 Å². The van der Waals surface area contributed by atoms with Crippen LogP contribution in [0, 0.1) is 56.7 Å². The van der Waals surface area contributed by atoms with E-state index in [1.165, 1.54) is 24.8 Å². The normalized spacial score (nSPS) is 51.0. The molecule has 5 aliphatic carbocycles. The molecule has 11 atom stereocenters. The highest BCUT2D eigenvalue weighted by Crippen LogP contribution is 2.75. The van der Waals surface area contributed by atoms with Crippen LogP contribution in [0.15, 0.2) is 11.6 Å². The first-order valence-electron chi connectivity index (χ1n) is 15.8. The molecule has 0 saturated heterocycles. The molecular weight excluding hydrogens is 488 g/mol. The second kappa shape index (κ2) is 9.18. The summed E-state index contributed by atoms with van der Waals surface area (Å²) in [6, 6.07) is 0. The fourth-order valence-electron chi connectivity index (χ4n) is 11.2. The molecule has 0 amide bonds. The van der Waals surface area contributed by atoms with Crippen molar-refractivity contribution in [3.8, 4) is 0 Å². The average Bonchev–Trinajstić information content (AvgIpc) is 2.85. The minimum atomic E-state index is -1.21. The molecule has 5 aliphatic rings. The van der Waals surface area contributed by atoms with Gasteiger partial charge in [-0.1, -0.05) is 54.0 Å². The number of carbonyl (C=O) groups is 3. The molecule has 5 nitrogen and oxygen atoms in total. The van der Waals surface area contributed by atoms with Gasteiger partial charge in [0.25, 0.3) is 0 Å². The maximum atomic E-state index is 14.5. The molecule has 0 heterocycles. The van der Waals surface area contributed by atoms with Gasteiger partial charge in [-0.05, 0) is 116 Å². The first kappa shape index (κ1) is 28.9. The van der Waals surface area contributed by atoms with Crippen molar-refractivity contribution in [3.05, 3.63) is 11.6 Å². The van der Waals surface area contributed by atoms with Crippen LogP contribution >= 0.6 is 0 Å². The maximum Gasteiger partial charge on any atom is 0.313 e. The molecule has 4 fully saturated rings. The third kappa shape index (κ3) is 3.72. The van der Waals surface area contributed by atoms with Crippen LogP contribution in [0.25, 0.3) is 0 Å². The summed E-state index contributed by atoms with van der Waals surface area (Å²) in [6.45, 7) is 18.0. The van der Waals surface area contributed by atoms with Crippen LogP contribution in [-0.4, -0.2) is 28.9 Å². The molecule has 0 spiro atoms. The third-order valence-electron chi connectivity index (χ3n) is 13.9. The van der Waals surface area contributed by atoms with Crippen molar-refractivity contribution in [1.82, 2.24) is 0 Å². The summed E-state index contributed by atoms with van der Waals surface area (Å²) >= 11 is 0. The zero-order valence-corrected chi connectivity index (χ0v) is 25.7. The van der Waals surface area contributed by atoms with Gasteiger partial charge in [-0.15, -0.1) is 0 Å². The van der Waals surface area contributed by atoms with E-state index in [0.717, 1.165) is 19.3 Å². The minimum Gasteiger partial charge on any atom is -0.481 e. The molecule has 1 N–H and O–H groups in total. The summed E-state index contributed by atoms with van der Waals surface area (Å²) in [5, 5.41) is 10.7. The minimum absolute atomic E-state index is 0.0703. The number of carbonyl (C=O) groups excluding carboxylic acids is 2. The molecule has 0 unspecified atom stereocenters. The van der Waals surface area contributed by atoms with E-state index in [1.807, 2.05) is 6.92 Å². The van der Waals surface area contributed by atoms with Gasteiger partial charge in [0.05, 0.1) is 0 Å². The van der Waals surface area contributed by atoms with Crippen molar-refractivity contribution in [3.63, 3.8) is 0 Å². The van der Waals surface area contributed by atoms with Gasteiger partial charge in [0.15, 0.2) is 5.78 Å². The van der Waals surface area contributed by atoms with E-state index in [1.54, 1.807) is 6.92 Å². The summed E-state index contributed by atoms with van der Waals surface area (Å²) in [5.41, 5.74) is -0.289. The molecule has 0 aliphatic heterocycles. The highest BCUT2D eigenvalue weighted by Gasteiger charge is 2.72. The number of aliphatic carboxylic acids is 1. The highest BCUT2D eigenvalue weighted by atomic mass is 16.5. The largest absolute Gasteiger partial charge is 0.481 e. The number of carboxylic acid groups (broad SMARTS) is 1. The predicted molar refractivity (Wildman–Crippen MR) is 152 cm³/mol. The lowest BCUT2D eigenvalue weighted by Crippen LogP contribution is -2.68. The lowest BCUT2D eigenvalue weighted by Gasteiger charge is -2.70. The second-order valence-electron chi connectivity index (χ2n) is 15.6. The second-order valence-corrected chi connectivity index (χ2v) is 15.6. The van der Waals surface area contributed by atoms with E-state index < -0.39 is 22.9 Å². The fourth-order valence-corrected chi connectivity index (χ4v) is 11.2. The Morgan fingerprint density at radius 2 is 1.67 bits per heavy atom. The van der Waals surface area contributed by atoms with Gasteiger partial charge < -0.3 is 9.84 Å². The molecule has 0 aromatic carbocycles. The number of hydrogen-bond donors (Lipinski definition) is 1. The summed E-state index contributed by atoms with van der Waals surface area (Å²) in [5.74, 6) is 0.212. The predicted octanol–water partition coefficient (Wildman–Crippen LogP) is 7.62. The first-order valence-corrected chi connectivity index (χ1v) is 15.8. The molecule has 5 heteroatoms. The van der Waals surface area contributed by atoms with Gasteiger partial charge in [0.1, 0.15) is 11.5 Å². The number of ketones is 1. The Hall–Kier alpha value is -1.65. The molecule has 218 valence electrons. The van der Waals surface area contributed by atoms with Crippen LogP contribution in [0.1, 0.15) is 120 Å². The molecule has 39 heavy (non-hydrogen) atoms. The van der Waals surface area contributed by atoms with Crippen molar-refractivity contribution in [1.29, 1.82) is 0 Å². The molecule has 0 aromatic heterocycles. The fraction of sp³-hybridized carbons (Fsp3) is 0.853. The number of rotatable bonds is 4. The molecule has 0 bridgehead atoms. The van der Waals surface area contributed by atoms with Crippen LogP contribution in [0.4, 0.5) is 0 Å². The van der Waals surface area contributed by atoms with E-state index >= 15 is 0 Å². The smallest absolute Gasteiger partial charge is 0.313 e. The Morgan fingerprint density at radius 1 is 0.974 bits per heavy atom. The molecule has 0 radical (unpaired) electrons. The van der Waals surface area contributed by atoms with Crippen LogP contribution in [0.2, 0.25) is 0 Å². The van der Waals surface area contributed by atoms with E-state index in [4.69, 9.17) is 4.74 Å². The van der Waals surface area contributed by atoms with Gasteiger partial charge in [-0.2, -0.15) is 0 Å². The Kier molecular flexibility index (Phi) is 6.79. The monoisotopic (exact) mass is 540 g/mol. The van der Waals surface area contributed by atoms with Crippen LogP contribution in [0.3, 0.4) is 0 Å². The molecular formula is C34H52O5. The Morgan fingerprint density at radius 3 is 2.31 bits per heavy atom. The van der Waals surface area contributed by atoms with Gasteiger partial charge in [0, 0.05) is 12.3 Å². The quantitative estimate of drug-likeness (QED) is 0.371. The zero-order chi connectivity index (χ0) is 28.8. The van der Waals surface area contributed by atoms with E-state index in [9.17, 15) is 19.5 Å². The third-order valence-corrected chi connectivity index (χ3v) is 13.9. The number of esters is 1. The summed E-state index contributed by atoms with van der Waals surface area (Å²) in [6.07, 6.45) is 9.98. The lowest BCUT2D eigenvalue weighted by atomic mass is 9.33. The Bertz CT molecular complexity index is 1090. The maximum absolute atomic E-state index is 14.5. The first-order chi connectivity index (χ1) is 18.1. The lowest BCUT2D eigenvalue weighted by molar-refractivity contribution is -0.221. The Labute approximate surface area is 235 Å². The van der Waals surface area contributed by atoms with Gasteiger partial charge in [-0.25, -0.2) is 0 Å². The number of hydrogen-bond acceptors (Lipinski definition) is 4. The zero-order valence-electron chi connectivity index (χ0n) is 25.7. The summed E-state index contributed by atoms with van der Waals surface area (Å²) < 4.78 is 5.87. The van der Waals surface area contributed by atoms with Crippen molar-refractivity contribution in [2.45, 2.75) is 126 Å². The summed E-state index contributed by atoms with van der Waals surface area (Å²) in [4.78, 5) is 40.0. The van der Waals surface area contributed by atoms with E-state index in [-0.39, 0.29) is 39.8 Å². The number of fused-ring (bicyclic) bond motifs is 7. The topological polar surface area (TPSA) is 80.7 Å². The van der Waals surface area contributed by atoms with E-state index in [0.29, 0.717) is 43.4 Å². The van der Waals surface area contributed by atoms with Crippen molar-refractivity contribution < 1.29 is 24.2 Å². The van der Waals surface area contributed by atoms with Crippen molar-refractivity contribution in [2.75, 3.05) is 0 Å². The molecule has 4 saturated carbocycles. The van der Waals surface area contributed by atoms with Gasteiger partial charge in [0.2, 0.25) is 0 Å². The number of allylic oxidation sites excluding steroid dienone is 2. The molecule has 5 rings (SSSR count). The SMILES string of the molecule is CCCC(=O)O[C@H]1CC[C@@]2(C)[C@@H](CC[C@]3(C)[C@@H]2C(=O)C=C2[C@@H]4[C@@H](C)[C@H](C)CC[C@]4(C)CC[C@]23C)[C@@]1(C)C(=O)O. The number of ether oxygens (including phenoxy) is 1. The van der Waals surface area contributed by atoms with Crippen molar-refractivity contribution >= 4 is 17.7 Å². The van der Waals surface area contributed by atoms with E-state index in [2.05, 4.69) is 47.6 Å². The highest BCUT2D eigenvalue weighted by molar-refractivity contribution is 5.96. The van der Waals surface area contributed by atoms with Gasteiger partial charge >= 0.3 is 11.9 Å². The van der Waals surface area contributed by atoms with Crippen LogP contribution < -0.4 is 0 Å².